The minimum Gasteiger partial charge on any atom is -0.395 e. The third-order valence-corrected chi connectivity index (χ3v) is 4.88. The van der Waals surface area contributed by atoms with Crippen molar-refractivity contribution in [3.63, 3.8) is 0 Å². The molecule has 0 rings (SSSR count). The molecule has 0 aromatic heterocycles. The maximum absolute atomic E-state index is 8.83. The minimum absolute atomic E-state index is 0.00885. The summed E-state index contributed by atoms with van der Waals surface area (Å²) in [5, 5.41) is 17.6. The molecule has 2 unspecified atom stereocenters. The molecule has 0 aliphatic heterocycles. The first-order valence-corrected chi connectivity index (χ1v) is 11.2. The Kier molecular flexibility index (Phi) is 22.8. The van der Waals surface area contributed by atoms with E-state index in [4.69, 9.17) is 21.7 Å². The molecule has 0 bridgehead atoms. The molecule has 26 heavy (non-hydrogen) atoms. The van der Waals surface area contributed by atoms with Gasteiger partial charge in [-0.15, -0.1) is 0 Å². The quantitative estimate of drug-likeness (QED) is 0.273. The SMILES string of the molecule is CCCCCCC(C)(N)CO.CCCCCCCCCCCC(N)CO. The predicted octanol–water partition coefficient (Wildman–Crippen LogP) is 4.89. The normalized spacial score (nSPS) is 14.4. The molecule has 160 valence electrons. The highest BCUT2D eigenvalue weighted by atomic mass is 16.3. The Labute approximate surface area is 164 Å². The highest BCUT2D eigenvalue weighted by Crippen LogP contribution is 2.12. The van der Waals surface area contributed by atoms with Crippen LogP contribution in [0.2, 0.25) is 0 Å². The summed E-state index contributed by atoms with van der Waals surface area (Å²) in [4.78, 5) is 0. The van der Waals surface area contributed by atoms with E-state index in [1.54, 1.807) is 0 Å². The van der Waals surface area contributed by atoms with Gasteiger partial charge in [0.2, 0.25) is 0 Å². The fourth-order valence-corrected chi connectivity index (χ4v) is 2.84. The molecule has 0 fully saturated rings. The molecule has 0 aromatic rings. The Bertz CT molecular complexity index is 261. The second-order valence-electron chi connectivity index (χ2n) is 8.18. The molecule has 0 radical (unpaired) electrons. The van der Waals surface area contributed by atoms with E-state index in [-0.39, 0.29) is 24.8 Å². The van der Waals surface area contributed by atoms with Crippen molar-refractivity contribution < 1.29 is 10.2 Å². The Hall–Kier alpha value is -0.160. The maximum atomic E-state index is 8.83. The summed E-state index contributed by atoms with van der Waals surface area (Å²) in [6.45, 7) is 6.58. The lowest BCUT2D eigenvalue weighted by molar-refractivity contribution is 0.197. The molecule has 0 aliphatic carbocycles. The Morgan fingerprint density at radius 2 is 1.15 bits per heavy atom. The van der Waals surface area contributed by atoms with Gasteiger partial charge in [-0.1, -0.05) is 97.3 Å². The van der Waals surface area contributed by atoms with Crippen molar-refractivity contribution in [2.75, 3.05) is 13.2 Å². The Morgan fingerprint density at radius 1 is 0.731 bits per heavy atom. The number of unbranched alkanes of at least 4 members (excludes halogenated alkanes) is 11. The van der Waals surface area contributed by atoms with Gasteiger partial charge in [-0.25, -0.2) is 0 Å². The first-order valence-electron chi connectivity index (χ1n) is 11.2. The lowest BCUT2D eigenvalue weighted by atomic mass is 9.96. The van der Waals surface area contributed by atoms with Gasteiger partial charge in [0.1, 0.15) is 0 Å². The third kappa shape index (κ3) is 23.8. The summed E-state index contributed by atoms with van der Waals surface area (Å²) in [7, 11) is 0. The largest absolute Gasteiger partial charge is 0.395 e. The molecule has 2 atom stereocenters. The van der Waals surface area contributed by atoms with E-state index >= 15 is 0 Å². The van der Waals surface area contributed by atoms with Gasteiger partial charge in [0, 0.05) is 11.6 Å². The van der Waals surface area contributed by atoms with Crippen LogP contribution in [0.4, 0.5) is 0 Å². The topological polar surface area (TPSA) is 92.5 Å². The van der Waals surface area contributed by atoms with Crippen LogP contribution in [-0.4, -0.2) is 35.0 Å². The van der Waals surface area contributed by atoms with Crippen molar-refractivity contribution >= 4 is 0 Å². The maximum Gasteiger partial charge on any atom is 0.0608 e. The lowest BCUT2D eigenvalue weighted by Gasteiger charge is -2.20. The molecule has 6 N–H and O–H groups in total. The molecule has 0 saturated heterocycles. The van der Waals surface area contributed by atoms with Crippen LogP contribution in [0.15, 0.2) is 0 Å². The van der Waals surface area contributed by atoms with E-state index in [1.807, 2.05) is 6.92 Å². The molecule has 0 aromatic carbocycles. The van der Waals surface area contributed by atoms with Gasteiger partial charge in [-0.2, -0.15) is 0 Å². The van der Waals surface area contributed by atoms with Crippen molar-refractivity contribution in [1.29, 1.82) is 0 Å². The van der Waals surface area contributed by atoms with Crippen LogP contribution in [0, 0.1) is 0 Å². The van der Waals surface area contributed by atoms with E-state index in [0.717, 1.165) is 19.3 Å². The first kappa shape index (κ1) is 28.1. The zero-order valence-electron chi connectivity index (χ0n) is 18.1. The van der Waals surface area contributed by atoms with Crippen LogP contribution in [0.25, 0.3) is 0 Å². The molecule has 0 amide bonds. The predicted molar refractivity (Wildman–Crippen MR) is 115 cm³/mol. The van der Waals surface area contributed by atoms with Gasteiger partial charge < -0.3 is 21.7 Å². The highest BCUT2D eigenvalue weighted by Gasteiger charge is 2.15. The van der Waals surface area contributed by atoms with E-state index in [0.29, 0.717) is 0 Å². The Balaban J connectivity index is 0. The summed E-state index contributed by atoms with van der Waals surface area (Å²) in [5.74, 6) is 0. The van der Waals surface area contributed by atoms with Crippen LogP contribution in [-0.2, 0) is 0 Å². The van der Waals surface area contributed by atoms with E-state index in [1.165, 1.54) is 77.0 Å². The van der Waals surface area contributed by atoms with Crippen molar-refractivity contribution in [3.05, 3.63) is 0 Å². The minimum atomic E-state index is -0.353. The number of aliphatic hydroxyl groups excluding tert-OH is 2. The zero-order valence-corrected chi connectivity index (χ0v) is 18.1. The number of hydrogen-bond acceptors (Lipinski definition) is 4. The summed E-state index contributed by atoms with van der Waals surface area (Å²) in [5.41, 5.74) is 11.0. The number of rotatable bonds is 17. The summed E-state index contributed by atoms with van der Waals surface area (Å²) < 4.78 is 0. The fourth-order valence-electron chi connectivity index (χ4n) is 2.84. The van der Waals surface area contributed by atoms with Crippen molar-refractivity contribution in [1.82, 2.24) is 0 Å². The fraction of sp³-hybridized carbons (Fsp3) is 1.00. The van der Waals surface area contributed by atoms with Crippen LogP contribution in [0.5, 0.6) is 0 Å². The third-order valence-electron chi connectivity index (χ3n) is 4.88. The molecule has 4 heteroatoms. The van der Waals surface area contributed by atoms with Crippen LogP contribution in [0.3, 0.4) is 0 Å². The standard InChI is InChI=1S/C13H29NO.C9H21NO/c1-2-3-4-5-6-7-8-9-10-11-13(14)12-15;1-3-4-5-6-7-9(2,10)8-11/h13,15H,2-12,14H2,1H3;11H,3-8,10H2,1-2H3. The van der Waals surface area contributed by atoms with E-state index in [2.05, 4.69) is 13.8 Å². The van der Waals surface area contributed by atoms with Gasteiger partial charge in [0.15, 0.2) is 0 Å². The molecular weight excluding hydrogens is 324 g/mol. The number of nitrogens with two attached hydrogens (primary N) is 2. The van der Waals surface area contributed by atoms with E-state index < -0.39 is 0 Å². The van der Waals surface area contributed by atoms with Gasteiger partial charge in [0.05, 0.1) is 13.2 Å². The molecule has 0 aliphatic rings. The molecule has 0 heterocycles. The molecule has 4 nitrogen and oxygen atoms in total. The molecule has 0 spiro atoms. The summed E-state index contributed by atoms with van der Waals surface area (Å²) in [6, 6.07) is 0.00885. The van der Waals surface area contributed by atoms with Crippen molar-refractivity contribution in [2.45, 2.75) is 129 Å². The summed E-state index contributed by atoms with van der Waals surface area (Å²) in [6.07, 6.45) is 18.9. The average Bonchev–Trinajstić information content (AvgIpc) is 2.64. The van der Waals surface area contributed by atoms with Gasteiger partial charge >= 0.3 is 0 Å². The first-order chi connectivity index (χ1) is 12.4. The van der Waals surface area contributed by atoms with Gasteiger partial charge in [0.25, 0.3) is 0 Å². The number of aliphatic hydroxyl groups is 2. The van der Waals surface area contributed by atoms with Crippen molar-refractivity contribution in [3.8, 4) is 0 Å². The molecular formula is C22H50N2O2. The summed E-state index contributed by atoms with van der Waals surface area (Å²) >= 11 is 0. The second-order valence-corrected chi connectivity index (χ2v) is 8.18. The number of hydrogen-bond donors (Lipinski definition) is 4. The lowest BCUT2D eigenvalue weighted by Crippen LogP contribution is -2.39. The van der Waals surface area contributed by atoms with Gasteiger partial charge in [-0.3, -0.25) is 0 Å². The second kappa shape index (κ2) is 21.1. The Morgan fingerprint density at radius 3 is 1.58 bits per heavy atom. The van der Waals surface area contributed by atoms with Crippen molar-refractivity contribution in [2.24, 2.45) is 11.5 Å². The monoisotopic (exact) mass is 374 g/mol. The average molecular weight is 375 g/mol. The van der Waals surface area contributed by atoms with E-state index in [9.17, 15) is 0 Å². The molecule has 0 saturated carbocycles. The smallest absolute Gasteiger partial charge is 0.0608 e. The van der Waals surface area contributed by atoms with Crippen LogP contribution >= 0.6 is 0 Å². The highest BCUT2D eigenvalue weighted by molar-refractivity contribution is 4.76. The van der Waals surface area contributed by atoms with Crippen LogP contribution < -0.4 is 11.5 Å². The zero-order chi connectivity index (χ0) is 20.1. The van der Waals surface area contributed by atoms with Crippen LogP contribution in [0.1, 0.15) is 117 Å². The van der Waals surface area contributed by atoms with Gasteiger partial charge in [-0.05, 0) is 19.8 Å².